The zero-order valence-electron chi connectivity index (χ0n) is 14.1. The second kappa shape index (κ2) is 6.76. The van der Waals surface area contributed by atoms with Gasteiger partial charge < -0.3 is 9.88 Å². The summed E-state index contributed by atoms with van der Waals surface area (Å²) in [4.78, 5) is 8.77. The first-order valence-electron chi connectivity index (χ1n) is 8.44. The Morgan fingerprint density at radius 2 is 2.00 bits per heavy atom. The Labute approximate surface area is 146 Å². The lowest BCUT2D eigenvalue weighted by atomic mass is 10.1. The average molecular weight is 332 g/mol. The van der Waals surface area contributed by atoms with Crippen LogP contribution in [-0.4, -0.2) is 24.1 Å². The largest absolute Gasteiger partial charge is 0.361 e. The van der Waals surface area contributed by atoms with Gasteiger partial charge in [-0.2, -0.15) is 9.61 Å². The van der Waals surface area contributed by atoms with E-state index in [-0.39, 0.29) is 6.04 Å². The Morgan fingerprint density at radius 1 is 1.12 bits per heavy atom. The van der Waals surface area contributed by atoms with Gasteiger partial charge in [-0.3, -0.25) is 0 Å². The van der Waals surface area contributed by atoms with Crippen molar-refractivity contribution >= 4 is 11.5 Å². The first-order chi connectivity index (χ1) is 12.3. The Morgan fingerprint density at radius 3 is 2.76 bits per heavy atom. The standard InChI is InChI=1S/C19H20N6/c1-2-16-12-19(25-18(22-16)8-9-21-25)23-17(13-24-11-10-20-14-24)15-6-4-3-5-7-15/h3-12,14,17,23H,2,13H2,1H3. The third kappa shape index (κ3) is 3.24. The highest BCUT2D eigenvalue weighted by atomic mass is 15.3. The number of anilines is 1. The minimum Gasteiger partial charge on any atom is -0.361 e. The maximum absolute atomic E-state index is 4.62. The quantitative estimate of drug-likeness (QED) is 0.588. The maximum Gasteiger partial charge on any atom is 0.157 e. The van der Waals surface area contributed by atoms with Crippen molar-refractivity contribution in [1.82, 2.24) is 24.1 Å². The molecule has 1 atom stereocenters. The predicted octanol–water partition coefficient (Wildman–Crippen LogP) is 3.34. The topological polar surface area (TPSA) is 60.0 Å². The van der Waals surface area contributed by atoms with Crippen LogP contribution in [0.5, 0.6) is 0 Å². The number of nitrogens with one attached hydrogen (secondary N) is 1. The highest BCUT2D eigenvalue weighted by molar-refractivity contribution is 5.50. The van der Waals surface area contributed by atoms with Crippen LogP contribution in [0.15, 0.2) is 67.4 Å². The van der Waals surface area contributed by atoms with Gasteiger partial charge in [0, 0.05) is 36.8 Å². The van der Waals surface area contributed by atoms with Gasteiger partial charge in [-0.15, -0.1) is 0 Å². The normalized spacial score (nSPS) is 12.4. The van der Waals surface area contributed by atoms with Gasteiger partial charge in [0.25, 0.3) is 0 Å². The van der Waals surface area contributed by atoms with Crippen LogP contribution in [0.2, 0.25) is 0 Å². The summed E-state index contributed by atoms with van der Waals surface area (Å²) in [6.07, 6.45) is 8.28. The minimum absolute atomic E-state index is 0.0925. The number of benzene rings is 1. The van der Waals surface area contributed by atoms with E-state index in [4.69, 9.17) is 0 Å². The number of hydrogen-bond acceptors (Lipinski definition) is 4. The molecule has 4 aromatic rings. The van der Waals surface area contributed by atoms with E-state index in [1.54, 1.807) is 12.4 Å². The number of hydrogen-bond donors (Lipinski definition) is 1. The van der Waals surface area contributed by atoms with E-state index >= 15 is 0 Å². The van der Waals surface area contributed by atoms with Gasteiger partial charge in [0.15, 0.2) is 5.65 Å². The van der Waals surface area contributed by atoms with Crippen LogP contribution >= 0.6 is 0 Å². The van der Waals surface area contributed by atoms with E-state index in [0.29, 0.717) is 0 Å². The summed E-state index contributed by atoms with van der Waals surface area (Å²) in [5.74, 6) is 0.945. The number of aromatic nitrogens is 5. The average Bonchev–Trinajstić information content (AvgIpc) is 3.33. The molecule has 3 aromatic heterocycles. The molecule has 6 heteroatoms. The van der Waals surface area contributed by atoms with Gasteiger partial charge in [-0.05, 0) is 12.0 Å². The van der Waals surface area contributed by atoms with Crippen LogP contribution in [0.4, 0.5) is 5.82 Å². The fraction of sp³-hybridized carbons (Fsp3) is 0.211. The summed E-state index contributed by atoms with van der Waals surface area (Å²) in [6, 6.07) is 14.5. The second-order valence-electron chi connectivity index (χ2n) is 5.95. The molecule has 0 radical (unpaired) electrons. The van der Waals surface area contributed by atoms with E-state index in [9.17, 15) is 0 Å². The molecule has 0 saturated heterocycles. The number of fused-ring (bicyclic) bond motifs is 1. The molecule has 4 rings (SSSR count). The summed E-state index contributed by atoms with van der Waals surface area (Å²) in [6.45, 7) is 2.88. The van der Waals surface area contributed by atoms with Crippen molar-refractivity contribution in [3.63, 3.8) is 0 Å². The van der Waals surface area contributed by atoms with E-state index in [0.717, 1.165) is 30.1 Å². The van der Waals surface area contributed by atoms with Crippen molar-refractivity contribution in [2.75, 3.05) is 5.32 Å². The molecule has 0 amide bonds. The molecule has 0 fully saturated rings. The van der Waals surface area contributed by atoms with E-state index in [1.807, 2.05) is 29.2 Å². The van der Waals surface area contributed by atoms with Crippen LogP contribution < -0.4 is 5.32 Å². The van der Waals surface area contributed by atoms with Crippen molar-refractivity contribution in [2.45, 2.75) is 25.9 Å². The van der Waals surface area contributed by atoms with Gasteiger partial charge in [0.2, 0.25) is 0 Å². The highest BCUT2D eigenvalue weighted by Gasteiger charge is 2.15. The Bertz CT molecular complexity index is 943. The summed E-state index contributed by atoms with van der Waals surface area (Å²) in [7, 11) is 0. The minimum atomic E-state index is 0.0925. The molecule has 3 heterocycles. The van der Waals surface area contributed by atoms with Crippen molar-refractivity contribution in [3.05, 3.63) is 78.6 Å². The molecule has 0 saturated carbocycles. The van der Waals surface area contributed by atoms with Gasteiger partial charge in [0.1, 0.15) is 5.82 Å². The molecule has 1 unspecified atom stereocenters. The van der Waals surface area contributed by atoms with Crippen molar-refractivity contribution in [3.8, 4) is 0 Å². The number of aryl methyl sites for hydroxylation is 1. The molecule has 1 N–H and O–H groups in total. The monoisotopic (exact) mass is 332 g/mol. The highest BCUT2D eigenvalue weighted by Crippen LogP contribution is 2.22. The number of nitrogens with zero attached hydrogens (tertiary/aromatic N) is 5. The molecule has 6 nitrogen and oxygen atoms in total. The van der Waals surface area contributed by atoms with Gasteiger partial charge >= 0.3 is 0 Å². The molecule has 0 spiro atoms. The molecular weight excluding hydrogens is 312 g/mol. The fourth-order valence-corrected chi connectivity index (χ4v) is 2.95. The molecule has 1 aromatic carbocycles. The zero-order chi connectivity index (χ0) is 17.1. The molecule has 25 heavy (non-hydrogen) atoms. The van der Waals surface area contributed by atoms with Crippen molar-refractivity contribution in [2.24, 2.45) is 0 Å². The number of rotatable bonds is 6. The van der Waals surface area contributed by atoms with E-state index < -0.39 is 0 Å². The zero-order valence-corrected chi connectivity index (χ0v) is 14.1. The lowest BCUT2D eigenvalue weighted by molar-refractivity contribution is 0.603. The second-order valence-corrected chi connectivity index (χ2v) is 5.95. The lowest BCUT2D eigenvalue weighted by Gasteiger charge is -2.21. The molecule has 126 valence electrons. The van der Waals surface area contributed by atoms with Gasteiger partial charge in [-0.25, -0.2) is 9.97 Å². The van der Waals surface area contributed by atoms with Gasteiger partial charge in [-0.1, -0.05) is 37.3 Å². The van der Waals surface area contributed by atoms with Crippen LogP contribution in [0.3, 0.4) is 0 Å². The maximum atomic E-state index is 4.62. The summed E-state index contributed by atoms with van der Waals surface area (Å²) < 4.78 is 3.93. The van der Waals surface area contributed by atoms with Gasteiger partial charge in [0.05, 0.1) is 18.6 Å². The van der Waals surface area contributed by atoms with Crippen molar-refractivity contribution < 1.29 is 0 Å². The molecule has 0 aliphatic heterocycles. The van der Waals surface area contributed by atoms with E-state index in [2.05, 4.69) is 62.2 Å². The first-order valence-corrected chi connectivity index (χ1v) is 8.44. The third-order valence-electron chi connectivity index (χ3n) is 4.25. The van der Waals surface area contributed by atoms with Crippen LogP contribution in [0.1, 0.15) is 24.2 Å². The third-order valence-corrected chi connectivity index (χ3v) is 4.25. The Kier molecular flexibility index (Phi) is 4.16. The Hall–Kier alpha value is -3.15. The molecule has 0 bridgehead atoms. The summed E-state index contributed by atoms with van der Waals surface area (Å²) >= 11 is 0. The smallest absolute Gasteiger partial charge is 0.157 e. The molecular formula is C19H20N6. The fourth-order valence-electron chi connectivity index (χ4n) is 2.95. The summed E-state index contributed by atoms with van der Waals surface area (Å²) in [5, 5.41) is 8.06. The van der Waals surface area contributed by atoms with Crippen LogP contribution in [-0.2, 0) is 13.0 Å². The molecule has 0 aliphatic carbocycles. The summed E-state index contributed by atoms with van der Waals surface area (Å²) in [5.41, 5.74) is 3.12. The Balaban J connectivity index is 1.72. The predicted molar refractivity (Wildman–Crippen MR) is 97.4 cm³/mol. The SMILES string of the molecule is CCc1cc(NC(Cn2ccnc2)c2ccccc2)n2nccc2n1. The van der Waals surface area contributed by atoms with Crippen LogP contribution in [0, 0.1) is 0 Å². The van der Waals surface area contributed by atoms with Crippen molar-refractivity contribution in [1.29, 1.82) is 0 Å². The number of imidazole rings is 1. The lowest BCUT2D eigenvalue weighted by Crippen LogP contribution is -2.19. The first kappa shape index (κ1) is 15.4. The molecule has 0 aliphatic rings. The van der Waals surface area contributed by atoms with E-state index in [1.165, 1.54) is 5.56 Å². The van der Waals surface area contributed by atoms with Crippen LogP contribution in [0.25, 0.3) is 5.65 Å².